The van der Waals surface area contributed by atoms with Crippen LogP contribution in [0.3, 0.4) is 0 Å². The fourth-order valence-corrected chi connectivity index (χ4v) is 2.58. The standard InChI is InChI=1S/C15H20ClN3O2/c16-12-1-3-13(4-2-12)18-14(20)7-10-19-8-5-11(6-9-19)15(17)21/h1-4,11H,5-10H2,(H2,17,21)(H,18,20). The number of halogens is 1. The smallest absolute Gasteiger partial charge is 0.225 e. The minimum atomic E-state index is -0.213. The summed E-state index contributed by atoms with van der Waals surface area (Å²) in [5.74, 6) is -0.242. The Morgan fingerprint density at radius 3 is 2.43 bits per heavy atom. The fourth-order valence-electron chi connectivity index (χ4n) is 2.46. The van der Waals surface area contributed by atoms with Gasteiger partial charge in [-0.25, -0.2) is 0 Å². The molecule has 1 aromatic carbocycles. The summed E-state index contributed by atoms with van der Waals surface area (Å²) in [6.07, 6.45) is 2.01. The Labute approximate surface area is 129 Å². The summed E-state index contributed by atoms with van der Waals surface area (Å²) >= 11 is 5.79. The van der Waals surface area contributed by atoms with E-state index >= 15 is 0 Å². The Morgan fingerprint density at radius 2 is 1.86 bits per heavy atom. The molecular formula is C15H20ClN3O2. The van der Waals surface area contributed by atoms with Crippen molar-refractivity contribution in [3.63, 3.8) is 0 Å². The molecule has 0 aliphatic carbocycles. The van der Waals surface area contributed by atoms with Gasteiger partial charge in [-0.15, -0.1) is 0 Å². The van der Waals surface area contributed by atoms with Gasteiger partial charge in [0.05, 0.1) is 0 Å². The van der Waals surface area contributed by atoms with Crippen molar-refractivity contribution in [2.24, 2.45) is 11.7 Å². The number of carbonyl (C=O) groups is 2. The summed E-state index contributed by atoms with van der Waals surface area (Å²) in [5.41, 5.74) is 6.05. The average Bonchev–Trinajstić information content (AvgIpc) is 2.48. The fraction of sp³-hybridized carbons (Fsp3) is 0.467. The van der Waals surface area contributed by atoms with E-state index in [4.69, 9.17) is 17.3 Å². The number of anilines is 1. The van der Waals surface area contributed by atoms with Crippen LogP contribution in [0.4, 0.5) is 5.69 Å². The molecule has 0 radical (unpaired) electrons. The molecular weight excluding hydrogens is 290 g/mol. The number of hydrogen-bond donors (Lipinski definition) is 2. The third-order valence-electron chi connectivity index (χ3n) is 3.77. The first-order chi connectivity index (χ1) is 10.0. The van der Waals surface area contributed by atoms with E-state index in [0.29, 0.717) is 18.0 Å². The molecule has 2 rings (SSSR count). The van der Waals surface area contributed by atoms with E-state index in [1.165, 1.54) is 0 Å². The van der Waals surface area contributed by atoms with Gasteiger partial charge in [0.25, 0.3) is 0 Å². The molecule has 0 saturated carbocycles. The average molecular weight is 310 g/mol. The highest BCUT2D eigenvalue weighted by Gasteiger charge is 2.23. The molecule has 1 aliphatic heterocycles. The first kappa shape index (κ1) is 15.8. The predicted molar refractivity (Wildman–Crippen MR) is 83.1 cm³/mol. The van der Waals surface area contributed by atoms with Crippen molar-refractivity contribution < 1.29 is 9.59 Å². The molecule has 6 heteroatoms. The minimum absolute atomic E-state index is 0.0101. The van der Waals surface area contributed by atoms with Crippen molar-refractivity contribution >= 4 is 29.1 Å². The van der Waals surface area contributed by atoms with E-state index in [2.05, 4.69) is 10.2 Å². The number of piperidine rings is 1. The van der Waals surface area contributed by atoms with Gasteiger partial charge in [0.2, 0.25) is 11.8 Å². The summed E-state index contributed by atoms with van der Waals surface area (Å²) in [6.45, 7) is 2.34. The van der Waals surface area contributed by atoms with Gasteiger partial charge in [-0.1, -0.05) is 11.6 Å². The third-order valence-corrected chi connectivity index (χ3v) is 4.02. The second-order valence-electron chi connectivity index (χ2n) is 5.32. The van der Waals surface area contributed by atoms with Crippen LogP contribution in [0.1, 0.15) is 19.3 Å². The van der Waals surface area contributed by atoms with Crippen LogP contribution in [-0.2, 0) is 9.59 Å². The first-order valence-electron chi connectivity index (χ1n) is 7.11. The number of likely N-dealkylation sites (tertiary alicyclic amines) is 1. The Morgan fingerprint density at radius 1 is 1.24 bits per heavy atom. The maximum absolute atomic E-state index is 11.9. The van der Waals surface area contributed by atoms with Crippen LogP contribution < -0.4 is 11.1 Å². The molecule has 0 bridgehead atoms. The molecule has 0 spiro atoms. The molecule has 21 heavy (non-hydrogen) atoms. The van der Waals surface area contributed by atoms with Gasteiger partial charge in [0.1, 0.15) is 0 Å². The lowest BCUT2D eigenvalue weighted by Crippen LogP contribution is -2.39. The van der Waals surface area contributed by atoms with E-state index < -0.39 is 0 Å². The zero-order chi connectivity index (χ0) is 15.2. The monoisotopic (exact) mass is 309 g/mol. The van der Waals surface area contributed by atoms with Gasteiger partial charge in [0.15, 0.2) is 0 Å². The van der Waals surface area contributed by atoms with Crippen LogP contribution in [0.2, 0.25) is 5.02 Å². The number of hydrogen-bond acceptors (Lipinski definition) is 3. The molecule has 0 unspecified atom stereocenters. The summed E-state index contributed by atoms with van der Waals surface area (Å²) in [5, 5.41) is 3.48. The Hall–Kier alpha value is -1.59. The number of nitrogens with zero attached hydrogens (tertiary/aromatic N) is 1. The number of benzene rings is 1. The Balaban J connectivity index is 1.70. The molecule has 1 saturated heterocycles. The molecule has 1 fully saturated rings. The zero-order valence-electron chi connectivity index (χ0n) is 11.8. The summed E-state index contributed by atoms with van der Waals surface area (Å²) < 4.78 is 0. The second-order valence-corrected chi connectivity index (χ2v) is 5.76. The van der Waals surface area contributed by atoms with Crippen LogP contribution in [-0.4, -0.2) is 36.3 Å². The normalized spacial score (nSPS) is 16.6. The first-order valence-corrected chi connectivity index (χ1v) is 7.49. The van der Waals surface area contributed by atoms with Crippen LogP contribution in [0.5, 0.6) is 0 Å². The van der Waals surface area contributed by atoms with Crippen molar-refractivity contribution in [3.05, 3.63) is 29.3 Å². The van der Waals surface area contributed by atoms with Crippen molar-refractivity contribution in [2.45, 2.75) is 19.3 Å². The molecule has 1 aliphatic rings. The van der Waals surface area contributed by atoms with E-state index in [1.807, 2.05) is 0 Å². The number of nitrogens with one attached hydrogen (secondary N) is 1. The highest BCUT2D eigenvalue weighted by Crippen LogP contribution is 2.17. The Kier molecular flexibility index (Phi) is 5.59. The van der Waals surface area contributed by atoms with Crippen molar-refractivity contribution in [2.75, 3.05) is 25.0 Å². The SMILES string of the molecule is NC(=O)C1CCN(CCC(=O)Nc2ccc(Cl)cc2)CC1. The lowest BCUT2D eigenvalue weighted by atomic mass is 9.96. The van der Waals surface area contributed by atoms with Gasteiger partial charge >= 0.3 is 0 Å². The molecule has 2 amide bonds. The van der Waals surface area contributed by atoms with Gasteiger partial charge < -0.3 is 16.0 Å². The highest BCUT2D eigenvalue weighted by atomic mass is 35.5. The van der Waals surface area contributed by atoms with Crippen molar-refractivity contribution in [3.8, 4) is 0 Å². The molecule has 5 nitrogen and oxygen atoms in total. The topological polar surface area (TPSA) is 75.4 Å². The van der Waals surface area contributed by atoms with Crippen LogP contribution in [0.25, 0.3) is 0 Å². The van der Waals surface area contributed by atoms with Gasteiger partial charge in [-0.3, -0.25) is 9.59 Å². The number of carbonyl (C=O) groups excluding carboxylic acids is 2. The quantitative estimate of drug-likeness (QED) is 0.872. The summed E-state index contributed by atoms with van der Waals surface area (Å²) in [4.78, 5) is 25.1. The van der Waals surface area contributed by atoms with Gasteiger partial charge in [-0.05, 0) is 50.2 Å². The lowest BCUT2D eigenvalue weighted by molar-refractivity contribution is -0.123. The number of rotatable bonds is 5. The maximum atomic E-state index is 11.9. The number of amides is 2. The number of nitrogens with two attached hydrogens (primary N) is 1. The lowest BCUT2D eigenvalue weighted by Gasteiger charge is -2.30. The van der Waals surface area contributed by atoms with E-state index in [0.717, 1.165) is 31.6 Å². The minimum Gasteiger partial charge on any atom is -0.369 e. The van der Waals surface area contributed by atoms with Crippen molar-refractivity contribution in [1.82, 2.24) is 4.90 Å². The maximum Gasteiger partial charge on any atom is 0.225 e. The molecule has 0 aromatic heterocycles. The van der Waals surface area contributed by atoms with E-state index in [1.54, 1.807) is 24.3 Å². The van der Waals surface area contributed by atoms with Crippen LogP contribution in [0, 0.1) is 5.92 Å². The van der Waals surface area contributed by atoms with Crippen LogP contribution in [0.15, 0.2) is 24.3 Å². The van der Waals surface area contributed by atoms with E-state index in [9.17, 15) is 9.59 Å². The van der Waals surface area contributed by atoms with E-state index in [-0.39, 0.29) is 17.7 Å². The zero-order valence-corrected chi connectivity index (χ0v) is 12.6. The van der Waals surface area contributed by atoms with Crippen LogP contribution >= 0.6 is 11.6 Å². The highest BCUT2D eigenvalue weighted by molar-refractivity contribution is 6.30. The largest absolute Gasteiger partial charge is 0.369 e. The molecule has 1 aromatic rings. The van der Waals surface area contributed by atoms with Gasteiger partial charge in [-0.2, -0.15) is 0 Å². The molecule has 0 atom stereocenters. The number of primary amides is 1. The predicted octanol–water partition coefficient (Wildman–Crippen LogP) is 1.87. The second kappa shape index (κ2) is 7.43. The molecule has 114 valence electrons. The third kappa shape index (κ3) is 5.02. The van der Waals surface area contributed by atoms with Gasteiger partial charge in [0, 0.05) is 29.6 Å². The Bertz CT molecular complexity index is 496. The molecule has 1 heterocycles. The van der Waals surface area contributed by atoms with Crippen molar-refractivity contribution in [1.29, 1.82) is 0 Å². The molecule has 3 N–H and O–H groups in total. The summed E-state index contributed by atoms with van der Waals surface area (Å²) in [6, 6.07) is 7.04. The summed E-state index contributed by atoms with van der Waals surface area (Å²) in [7, 11) is 0.